The van der Waals surface area contributed by atoms with E-state index in [1.54, 1.807) is 43.3 Å². The number of nitrogens with one attached hydrogen (secondary N) is 3. The minimum absolute atomic E-state index is 0.0282. The van der Waals surface area contributed by atoms with Gasteiger partial charge in [-0.25, -0.2) is 18.9 Å². The molecule has 0 saturated carbocycles. The molecule has 0 spiro atoms. The van der Waals surface area contributed by atoms with E-state index < -0.39 is 5.91 Å². The Balaban J connectivity index is 1.59. The van der Waals surface area contributed by atoms with E-state index in [0.717, 1.165) is 5.56 Å². The molecule has 2 aromatic carbocycles. The summed E-state index contributed by atoms with van der Waals surface area (Å²) in [5, 5.41) is 12.5. The number of hydrogen-bond donors (Lipinski definition) is 3. The van der Waals surface area contributed by atoms with Crippen molar-refractivity contribution in [3.63, 3.8) is 0 Å². The van der Waals surface area contributed by atoms with Crippen LogP contribution in [0.2, 0.25) is 0 Å². The Bertz CT molecular complexity index is 1030. The number of amides is 3. The van der Waals surface area contributed by atoms with Crippen molar-refractivity contribution < 1.29 is 14.0 Å². The Morgan fingerprint density at radius 3 is 2.37 bits per heavy atom. The smallest absolute Gasteiger partial charge is 0.319 e. The summed E-state index contributed by atoms with van der Waals surface area (Å²) in [5.74, 6) is -0.226. The van der Waals surface area contributed by atoms with Crippen LogP contribution in [-0.4, -0.2) is 32.7 Å². The molecule has 3 N–H and O–H groups in total. The lowest BCUT2D eigenvalue weighted by Crippen LogP contribution is -2.34. The number of halogens is 1. The maximum atomic E-state index is 13.1. The van der Waals surface area contributed by atoms with Crippen LogP contribution < -0.4 is 16.0 Å². The molecule has 0 aliphatic carbocycles. The molecule has 0 atom stereocenters. The molecule has 8 nitrogen and oxygen atoms in total. The highest BCUT2D eigenvalue weighted by molar-refractivity contribution is 5.90. The lowest BCUT2D eigenvalue weighted by atomic mass is 10.2. The van der Waals surface area contributed by atoms with E-state index in [1.807, 2.05) is 13.8 Å². The van der Waals surface area contributed by atoms with Gasteiger partial charge >= 0.3 is 6.03 Å². The van der Waals surface area contributed by atoms with Crippen molar-refractivity contribution in [2.24, 2.45) is 0 Å². The van der Waals surface area contributed by atoms with Gasteiger partial charge in [0.05, 0.1) is 5.69 Å². The molecule has 30 heavy (non-hydrogen) atoms. The molecule has 3 rings (SSSR count). The molecule has 0 saturated heterocycles. The highest BCUT2D eigenvalue weighted by Crippen LogP contribution is 2.12. The number of carbonyl (C=O) groups is 2. The second-order valence-corrected chi connectivity index (χ2v) is 7.00. The molecular formula is C21H23FN6O2. The summed E-state index contributed by atoms with van der Waals surface area (Å²) in [6.45, 7) is 5.75. The first-order valence-corrected chi connectivity index (χ1v) is 9.46. The van der Waals surface area contributed by atoms with E-state index in [2.05, 4.69) is 26.0 Å². The van der Waals surface area contributed by atoms with Crippen molar-refractivity contribution in [2.75, 3.05) is 5.32 Å². The normalized spacial score (nSPS) is 10.7. The van der Waals surface area contributed by atoms with Crippen molar-refractivity contribution in [3.05, 3.63) is 71.6 Å². The zero-order valence-electron chi connectivity index (χ0n) is 16.9. The molecule has 0 aliphatic heterocycles. The summed E-state index contributed by atoms with van der Waals surface area (Å²) in [4.78, 5) is 28.3. The molecule has 3 amide bonds. The van der Waals surface area contributed by atoms with Gasteiger partial charge in [0.15, 0.2) is 0 Å². The van der Waals surface area contributed by atoms with Crippen molar-refractivity contribution in [1.82, 2.24) is 25.4 Å². The minimum Gasteiger partial charge on any atom is -0.345 e. The number of urea groups is 1. The quantitative estimate of drug-likeness (QED) is 0.581. The number of rotatable bonds is 6. The Morgan fingerprint density at radius 2 is 1.73 bits per heavy atom. The summed E-state index contributed by atoms with van der Waals surface area (Å²) in [5.41, 5.74) is 2.12. The lowest BCUT2D eigenvalue weighted by Gasteiger charge is -2.10. The molecule has 9 heteroatoms. The Morgan fingerprint density at radius 1 is 1.07 bits per heavy atom. The fraction of sp³-hybridized carbons (Fsp3) is 0.238. The Kier molecular flexibility index (Phi) is 6.41. The number of hydrogen-bond acceptors (Lipinski definition) is 4. The van der Waals surface area contributed by atoms with Gasteiger partial charge in [-0.1, -0.05) is 12.1 Å². The first kappa shape index (κ1) is 21.0. The zero-order valence-corrected chi connectivity index (χ0v) is 16.9. The molecule has 0 aliphatic rings. The van der Waals surface area contributed by atoms with Crippen LogP contribution in [0.4, 0.5) is 14.9 Å². The third-order valence-electron chi connectivity index (χ3n) is 4.13. The number of aromatic nitrogens is 3. The van der Waals surface area contributed by atoms with Gasteiger partial charge in [-0.3, -0.25) is 4.79 Å². The zero-order chi connectivity index (χ0) is 21.7. The maximum Gasteiger partial charge on any atom is 0.319 e. The summed E-state index contributed by atoms with van der Waals surface area (Å²) in [7, 11) is 0. The van der Waals surface area contributed by atoms with E-state index in [4.69, 9.17) is 0 Å². The van der Waals surface area contributed by atoms with E-state index >= 15 is 0 Å². The standard InChI is InChI=1S/C21H23FN6O2/c1-13(2)24-21(30)26-17-8-4-15(5-9-17)12-23-20(29)19-25-14(3)28(27-19)18-10-6-16(22)7-11-18/h4-11,13H,12H2,1-3H3,(H,23,29)(H2,24,26,30). The summed E-state index contributed by atoms with van der Waals surface area (Å²) in [6.07, 6.45) is 0. The lowest BCUT2D eigenvalue weighted by molar-refractivity contribution is 0.0940. The van der Waals surface area contributed by atoms with Crippen LogP contribution in [0.5, 0.6) is 0 Å². The van der Waals surface area contributed by atoms with Gasteiger partial charge in [-0.05, 0) is 62.7 Å². The Hall–Kier alpha value is -3.75. The predicted octanol–water partition coefficient (Wildman–Crippen LogP) is 3.17. The van der Waals surface area contributed by atoms with Crippen LogP contribution in [0, 0.1) is 12.7 Å². The van der Waals surface area contributed by atoms with E-state index in [0.29, 0.717) is 17.2 Å². The number of aryl methyl sites for hydroxylation is 1. The molecule has 156 valence electrons. The van der Waals surface area contributed by atoms with Crippen molar-refractivity contribution >= 4 is 17.6 Å². The molecule has 0 bridgehead atoms. The summed E-state index contributed by atoms with van der Waals surface area (Å²) >= 11 is 0. The highest BCUT2D eigenvalue weighted by Gasteiger charge is 2.15. The SMILES string of the molecule is Cc1nc(C(=O)NCc2ccc(NC(=O)NC(C)C)cc2)nn1-c1ccc(F)cc1. The van der Waals surface area contributed by atoms with Gasteiger partial charge in [0.2, 0.25) is 5.82 Å². The maximum absolute atomic E-state index is 13.1. The van der Waals surface area contributed by atoms with Gasteiger partial charge in [-0.2, -0.15) is 0 Å². The Labute approximate surface area is 173 Å². The van der Waals surface area contributed by atoms with E-state index in [1.165, 1.54) is 16.8 Å². The van der Waals surface area contributed by atoms with Gasteiger partial charge in [0, 0.05) is 18.3 Å². The average molecular weight is 410 g/mol. The van der Waals surface area contributed by atoms with E-state index in [9.17, 15) is 14.0 Å². The minimum atomic E-state index is -0.419. The van der Waals surface area contributed by atoms with Crippen LogP contribution in [0.15, 0.2) is 48.5 Å². The second kappa shape index (κ2) is 9.17. The predicted molar refractivity (Wildman–Crippen MR) is 111 cm³/mol. The first-order chi connectivity index (χ1) is 14.3. The van der Waals surface area contributed by atoms with Crippen LogP contribution >= 0.6 is 0 Å². The molecule has 0 unspecified atom stereocenters. The molecule has 0 fully saturated rings. The fourth-order valence-corrected chi connectivity index (χ4v) is 2.71. The second-order valence-electron chi connectivity index (χ2n) is 7.00. The highest BCUT2D eigenvalue weighted by atomic mass is 19.1. The number of carbonyl (C=O) groups excluding carboxylic acids is 2. The molecule has 1 heterocycles. The van der Waals surface area contributed by atoms with Crippen LogP contribution in [0.25, 0.3) is 5.69 Å². The van der Waals surface area contributed by atoms with Gasteiger partial charge in [-0.15, -0.1) is 5.10 Å². The summed E-state index contributed by atoms with van der Waals surface area (Å²) < 4.78 is 14.6. The monoisotopic (exact) mass is 410 g/mol. The molecule has 3 aromatic rings. The fourth-order valence-electron chi connectivity index (χ4n) is 2.71. The largest absolute Gasteiger partial charge is 0.345 e. The molecular weight excluding hydrogens is 387 g/mol. The van der Waals surface area contributed by atoms with Crippen molar-refractivity contribution in [3.8, 4) is 5.69 Å². The van der Waals surface area contributed by atoms with Crippen LogP contribution in [0.3, 0.4) is 0 Å². The van der Waals surface area contributed by atoms with Crippen LogP contribution in [0.1, 0.15) is 35.9 Å². The third-order valence-corrected chi connectivity index (χ3v) is 4.13. The van der Waals surface area contributed by atoms with Gasteiger partial charge in [0.1, 0.15) is 11.6 Å². The molecule has 0 radical (unpaired) electrons. The van der Waals surface area contributed by atoms with Gasteiger partial charge < -0.3 is 16.0 Å². The molecule has 1 aromatic heterocycles. The summed E-state index contributed by atoms with van der Waals surface area (Å²) in [6, 6.07) is 12.7. The van der Waals surface area contributed by atoms with E-state index in [-0.39, 0.29) is 30.3 Å². The third kappa shape index (κ3) is 5.40. The number of anilines is 1. The number of benzene rings is 2. The van der Waals surface area contributed by atoms with Crippen molar-refractivity contribution in [2.45, 2.75) is 33.4 Å². The van der Waals surface area contributed by atoms with Crippen LogP contribution in [-0.2, 0) is 6.54 Å². The average Bonchev–Trinajstić information content (AvgIpc) is 3.09. The van der Waals surface area contributed by atoms with Gasteiger partial charge in [0.25, 0.3) is 5.91 Å². The van der Waals surface area contributed by atoms with Crippen molar-refractivity contribution in [1.29, 1.82) is 0 Å². The topological polar surface area (TPSA) is 101 Å². The number of nitrogens with zero attached hydrogens (tertiary/aromatic N) is 3. The first-order valence-electron chi connectivity index (χ1n) is 9.46.